The highest BCUT2D eigenvalue weighted by molar-refractivity contribution is 9.93. The summed E-state index contributed by atoms with van der Waals surface area (Å²) in [6.07, 6.45) is 0. The van der Waals surface area contributed by atoms with E-state index in [1.54, 1.807) is 11.8 Å². The lowest BCUT2D eigenvalue weighted by molar-refractivity contribution is -0.135. The second kappa shape index (κ2) is 19.1. The van der Waals surface area contributed by atoms with Crippen LogP contribution in [-0.2, 0) is 19.1 Å². The Morgan fingerprint density at radius 2 is 1.26 bits per heavy atom. The molecule has 9 heteroatoms. The van der Waals surface area contributed by atoms with Crippen molar-refractivity contribution in [3.63, 3.8) is 0 Å². The van der Waals surface area contributed by atoms with Crippen molar-refractivity contribution in [3.8, 4) is 12.0 Å². The van der Waals surface area contributed by atoms with Crippen molar-refractivity contribution in [2.45, 2.75) is 14.4 Å². The fraction of sp³-hybridized carbons (Fsp3) is 0.182. The summed E-state index contributed by atoms with van der Waals surface area (Å²) in [5.74, 6) is 1.51. The summed E-state index contributed by atoms with van der Waals surface area (Å²) in [5, 5.41) is 0. The standard InChI is InChI=1S/C16H13NO2.C5H6Br2O2.CH4.Br2/c1-19-16(18)12-13-17(14-8-4-2-5-9-14)15-10-6-3-7-11-15;1-3(6)4(7)5(8)9-2;;1-2/h2-11H,1H3;1-2H3;1H4;/b;4-3+;;. The van der Waals surface area contributed by atoms with Crippen molar-refractivity contribution < 1.29 is 19.1 Å². The monoisotopic (exact) mass is 681 g/mol. The lowest BCUT2D eigenvalue weighted by atomic mass is 10.2. The van der Waals surface area contributed by atoms with Gasteiger partial charge in [-0.3, -0.25) is 4.90 Å². The topological polar surface area (TPSA) is 55.8 Å². The number of nitrogens with zero attached hydrogens (tertiary/aromatic N) is 1. The smallest absolute Gasteiger partial charge is 0.385 e. The van der Waals surface area contributed by atoms with Gasteiger partial charge in [0.2, 0.25) is 0 Å². The molecule has 0 saturated heterocycles. The number of halogens is 4. The second-order valence-corrected chi connectivity index (χ2v) is 7.06. The maximum atomic E-state index is 11.2. The van der Waals surface area contributed by atoms with Gasteiger partial charge in [-0.1, -0.05) is 59.8 Å². The summed E-state index contributed by atoms with van der Waals surface area (Å²) in [6, 6.07) is 22.1. The first-order chi connectivity index (χ1) is 14.4. The van der Waals surface area contributed by atoms with Gasteiger partial charge in [0.15, 0.2) is 0 Å². The van der Waals surface area contributed by atoms with Crippen molar-refractivity contribution in [1.29, 1.82) is 0 Å². The second-order valence-electron chi connectivity index (χ2n) is 5.07. The summed E-state index contributed by atoms with van der Waals surface area (Å²) in [7, 11) is 2.64. The Morgan fingerprint density at radius 1 is 0.839 bits per heavy atom. The number of benzene rings is 2. The van der Waals surface area contributed by atoms with Gasteiger partial charge >= 0.3 is 11.9 Å². The predicted octanol–water partition coefficient (Wildman–Crippen LogP) is 7.47. The van der Waals surface area contributed by atoms with Gasteiger partial charge in [0.25, 0.3) is 0 Å². The zero-order valence-corrected chi connectivity index (χ0v) is 22.7. The first kappa shape index (κ1) is 31.6. The number of allylic oxidation sites excluding steroid dienone is 1. The molecule has 0 atom stereocenters. The number of esters is 2. The van der Waals surface area contributed by atoms with Crippen molar-refractivity contribution in [1.82, 2.24) is 0 Å². The number of hydrogen-bond acceptors (Lipinski definition) is 5. The third-order valence-corrected chi connectivity index (χ3v) is 5.00. The molecule has 0 fully saturated rings. The molecule has 0 aliphatic carbocycles. The fourth-order valence-electron chi connectivity index (χ4n) is 1.82. The number of para-hydroxylation sites is 2. The molecule has 2 aromatic rings. The molecule has 0 aliphatic rings. The van der Waals surface area contributed by atoms with Crippen LogP contribution in [0.3, 0.4) is 0 Å². The molecule has 0 aliphatic heterocycles. The molecule has 0 unspecified atom stereocenters. The molecule has 0 bridgehead atoms. The van der Waals surface area contributed by atoms with Gasteiger partial charge in [-0.25, -0.2) is 9.59 Å². The maximum Gasteiger partial charge on any atom is 0.385 e. The fourth-order valence-corrected chi connectivity index (χ4v) is 2.14. The molecule has 0 N–H and O–H groups in total. The molecular formula is C22H23Br4NO4. The third kappa shape index (κ3) is 12.8. The largest absolute Gasteiger partial charge is 0.465 e. The lowest BCUT2D eigenvalue weighted by Crippen LogP contribution is -2.10. The highest BCUT2D eigenvalue weighted by Crippen LogP contribution is 2.23. The van der Waals surface area contributed by atoms with Gasteiger partial charge in [0, 0.05) is 44.7 Å². The number of carbonyl (C=O) groups is 2. The van der Waals surface area contributed by atoms with Gasteiger partial charge in [-0.2, -0.15) is 0 Å². The van der Waals surface area contributed by atoms with E-state index in [9.17, 15) is 9.59 Å². The van der Waals surface area contributed by atoms with E-state index in [4.69, 9.17) is 0 Å². The highest BCUT2D eigenvalue weighted by Gasteiger charge is 2.07. The van der Waals surface area contributed by atoms with E-state index in [0.717, 1.165) is 15.9 Å². The molecule has 0 heterocycles. The van der Waals surface area contributed by atoms with Gasteiger partial charge in [-0.15, -0.1) is 0 Å². The summed E-state index contributed by atoms with van der Waals surface area (Å²) in [4.78, 5) is 23.5. The van der Waals surface area contributed by atoms with Crippen molar-refractivity contribution in [2.24, 2.45) is 0 Å². The zero-order valence-electron chi connectivity index (χ0n) is 16.4. The average molecular weight is 685 g/mol. The Kier molecular flexibility index (Phi) is 19.5. The predicted molar refractivity (Wildman–Crippen MR) is 142 cm³/mol. The van der Waals surface area contributed by atoms with Crippen molar-refractivity contribution >= 4 is 83.4 Å². The van der Waals surface area contributed by atoms with E-state index in [1.807, 2.05) is 60.7 Å². The van der Waals surface area contributed by atoms with Crippen LogP contribution in [0.2, 0.25) is 0 Å². The number of hydrogen-bond donors (Lipinski definition) is 0. The number of anilines is 2. The minimum atomic E-state index is -0.558. The molecule has 2 aromatic carbocycles. The van der Waals surface area contributed by atoms with E-state index in [0.29, 0.717) is 4.48 Å². The van der Waals surface area contributed by atoms with E-state index in [2.05, 4.69) is 81.6 Å². The molecule has 5 nitrogen and oxygen atoms in total. The van der Waals surface area contributed by atoms with Gasteiger partial charge < -0.3 is 9.47 Å². The molecule has 0 spiro atoms. The van der Waals surface area contributed by atoms with Gasteiger partial charge in [0.1, 0.15) is 4.48 Å². The number of carbonyl (C=O) groups excluding carboxylic acids is 2. The number of methoxy groups -OCH3 is 2. The summed E-state index contributed by atoms with van der Waals surface area (Å²) in [6.45, 7) is 1.75. The molecule has 0 radical (unpaired) electrons. The highest BCUT2D eigenvalue weighted by atomic mass is 80.9. The molecule has 2 rings (SSSR count). The molecule has 0 amide bonds. The SMILES string of the molecule is BrBr.C.COC(=O)/C(Br)=C(/C)Br.COC(=O)C#CN(c1ccccc1)c1ccccc1. The van der Waals surface area contributed by atoms with Crippen molar-refractivity contribution in [2.75, 3.05) is 19.1 Å². The van der Waals surface area contributed by atoms with Gasteiger partial charge in [0.05, 0.1) is 25.6 Å². The van der Waals surface area contributed by atoms with Crippen LogP contribution in [0.25, 0.3) is 0 Å². The minimum absolute atomic E-state index is 0. The first-order valence-corrected chi connectivity index (χ1v) is 13.4. The van der Waals surface area contributed by atoms with Crippen LogP contribution in [0.5, 0.6) is 0 Å². The molecule has 31 heavy (non-hydrogen) atoms. The van der Waals surface area contributed by atoms with Crippen LogP contribution >= 0.6 is 60.1 Å². The maximum absolute atomic E-state index is 11.2. The number of ether oxygens (including phenoxy) is 2. The quantitative estimate of drug-likeness (QED) is 0.145. The Bertz CT molecular complexity index is 835. The normalized spacial score (nSPS) is 9.39. The lowest BCUT2D eigenvalue weighted by Gasteiger charge is -2.17. The van der Waals surface area contributed by atoms with Crippen LogP contribution in [-0.4, -0.2) is 26.2 Å². The van der Waals surface area contributed by atoms with Crippen LogP contribution in [0.4, 0.5) is 11.4 Å². The van der Waals surface area contributed by atoms with Crippen LogP contribution in [0.15, 0.2) is 69.6 Å². The van der Waals surface area contributed by atoms with Crippen molar-refractivity contribution in [3.05, 3.63) is 69.6 Å². The summed E-state index contributed by atoms with van der Waals surface area (Å²) in [5.41, 5.74) is 1.79. The molecule has 168 valence electrons. The Labute approximate surface area is 216 Å². The summed E-state index contributed by atoms with van der Waals surface area (Å²) >= 11 is 11.6. The van der Waals surface area contributed by atoms with E-state index in [-0.39, 0.29) is 13.4 Å². The van der Waals surface area contributed by atoms with E-state index in [1.165, 1.54) is 14.2 Å². The molecule has 0 saturated carbocycles. The Balaban J connectivity index is 0. The average Bonchev–Trinajstić information content (AvgIpc) is 2.81. The van der Waals surface area contributed by atoms with Gasteiger partial charge in [-0.05, 0) is 47.1 Å². The third-order valence-electron chi connectivity index (χ3n) is 3.15. The van der Waals surface area contributed by atoms with Crippen LogP contribution in [0, 0.1) is 12.0 Å². The molecular weight excluding hydrogens is 662 g/mol. The first-order valence-electron chi connectivity index (χ1n) is 8.15. The minimum Gasteiger partial charge on any atom is -0.465 e. The Morgan fingerprint density at radius 3 is 1.55 bits per heavy atom. The van der Waals surface area contributed by atoms with Crippen LogP contribution < -0.4 is 4.90 Å². The van der Waals surface area contributed by atoms with Crippen LogP contribution in [0.1, 0.15) is 14.4 Å². The summed E-state index contributed by atoms with van der Waals surface area (Å²) < 4.78 is 10.1. The zero-order chi connectivity index (χ0) is 22.9. The molecule has 0 aromatic heterocycles. The van der Waals surface area contributed by atoms with E-state index >= 15 is 0 Å². The number of rotatable bonds is 3. The Hall–Kier alpha value is -1.60. The van der Waals surface area contributed by atoms with E-state index < -0.39 is 5.97 Å².